The Balaban J connectivity index is 1.94. The zero-order valence-corrected chi connectivity index (χ0v) is 14.1. The molecule has 1 aliphatic rings. The molecule has 3 rings (SSSR count). The molecular weight excluding hydrogens is 308 g/mol. The summed E-state index contributed by atoms with van der Waals surface area (Å²) in [5, 5.41) is 19.7. The van der Waals surface area contributed by atoms with E-state index in [1.54, 1.807) is 6.07 Å². The fourth-order valence-corrected chi connectivity index (χ4v) is 4.05. The molecule has 0 fully saturated rings. The molecule has 0 bridgehead atoms. The van der Waals surface area contributed by atoms with Gasteiger partial charge in [-0.2, -0.15) is 0 Å². The van der Waals surface area contributed by atoms with Crippen molar-refractivity contribution in [3.8, 4) is 11.5 Å². The van der Waals surface area contributed by atoms with Gasteiger partial charge in [0, 0.05) is 33.4 Å². The second-order valence-electron chi connectivity index (χ2n) is 6.39. The number of hydrogen-bond donors (Lipinski definition) is 2. The highest BCUT2D eigenvalue weighted by Gasteiger charge is 2.19. The van der Waals surface area contributed by atoms with Crippen molar-refractivity contribution in [1.82, 2.24) is 0 Å². The molecule has 3 nitrogen and oxygen atoms in total. The predicted octanol–water partition coefficient (Wildman–Crippen LogP) is 4.58. The van der Waals surface area contributed by atoms with E-state index < -0.39 is 0 Å². The number of rotatable bonds is 3. The van der Waals surface area contributed by atoms with Crippen molar-refractivity contribution in [2.24, 2.45) is 5.92 Å². The molecule has 2 N–H and O–H groups in total. The minimum Gasteiger partial charge on any atom is -0.508 e. The molecule has 2 aromatic rings. The lowest BCUT2D eigenvalue weighted by Gasteiger charge is -2.09. The Morgan fingerprint density at radius 1 is 1.13 bits per heavy atom. The van der Waals surface area contributed by atoms with Crippen LogP contribution in [0.3, 0.4) is 0 Å². The Bertz CT molecular complexity index is 765. The Morgan fingerprint density at radius 3 is 2.65 bits per heavy atom. The quantitative estimate of drug-likeness (QED) is 0.810. The van der Waals surface area contributed by atoms with E-state index in [0.717, 1.165) is 32.9 Å². The number of phenolic OH excluding ortho intramolecular Hbond substituents is 2. The Labute approximate surface area is 140 Å². The van der Waals surface area contributed by atoms with Crippen LogP contribution in [-0.2, 0) is 12.8 Å². The second kappa shape index (κ2) is 6.28. The molecule has 0 unspecified atom stereocenters. The van der Waals surface area contributed by atoms with Crippen molar-refractivity contribution in [1.29, 1.82) is 0 Å². The van der Waals surface area contributed by atoms with Crippen LogP contribution >= 0.6 is 11.8 Å². The third-order valence-corrected chi connectivity index (χ3v) is 5.21. The number of carbonyl (C=O) groups is 1. The zero-order chi connectivity index (χ0) is 16.6. The number of aromatic hydroxyl groups is 2. The van der Waals surface area contributed by atoms with Gasteiger partial charge in [-0.3, -0.25) is 4.79 Å². The lowest BCUT2D eigenvalue weighted by molar-refractivity contribution is 0.0967. The third-order valence-electron chi connectivity index (χ3n) is 4.01. The van der Waals surface area contributed by atoms with E-state index >= 15 is 0 Å². The minimum absolute atomic E-state index is 0.0703. The summed E-state index contributed by atoms with van der Waals surface area (Å²) >= 11 is 1.53. The average Bonchev–Trinajstić information content (AvgIpc) is 2.64. The average molecular weight is 328 g/mol. The van der Waals surface area contributed by atoms with Crippen LogP contribution in [0.25, 0.3) is 0 Å². The van der Waals surface area contributed by atoms with Crippen LogP contribution in [0, 0.1) is 5.92 Å². The first-order valence-corrected chi connectivity index (χ1v) is 8.64. The van der Waals surface area contributed by atoms with Crippen LogP contribution in [0.15, 0.2) is 40.1 Å². The molecule has 0 amide bonds. The molecule has 0 spiro atoms. The van der Waals surface area contributed by atoms with E-state index in [1.165, 1.54) is 17.8 Å². The molecule has 1 heterocycles. The van der Waals surface area contributed by atoms with E-state index in [1.807, 2.05) is 32.0 Å². The van der Waals surface area contributed by atoms with Gasteiger partial charge < -0.3 is 10.2 Å². The van der Waals surface area contributed by atoms with E-state index in [-0.39, 0.29) is 17.3 Å². The fraction of sp³-hybridized carbons (Fsp3) is 0.316. The van der Waals surface area contributed by atoms with Crippen LogP contribution in [0.4, 0.5) is 0 Å². The van der Waals surface area contributed by atoms with Crippen molar-refractivity contribution < 1.29 is 15.0 Å². The molecule has 0 aromatic heterocycles. The van der Waals surface area contributed by atoms with Crippen LogP contribution in [0.1, 0.15) is 41.8 Å². The molecule has 0 aliphatic carbocycles. The smallest absolute Gasteiger partial charge is 0.163 e. The van der Waals surface area contributed by atoms with Gasteiger partial charge in [-0.15, -0.1) is 0 Å². The van der Waals surface area contributed by atoms with Crippen molar-refractivity contribution in [3.63, 3.8) is 0 Å². The Kier molecular flexibility index (Phi) is 4.35. The molecule has 0 saturated carbocycles. The van der Waals surface area contributed by atoms with Gasteiger partial charge in [0.1, 0.15) is 11.5 Å². The summed E-state index contributed by atoms with van der Waals surface area (Å²) in [7, 11) is 0. The van der Waals surface area contributed by atoms with Crippen molar-refractivity contribution in [3.05, 3.63) is 47.0 Å². The maximum atomic E-state index is 12.3. The predicted molar refractivity (Wildman–Crippen MR) is 91.5 cm³/mol. The molecule has 0 radical (unpaired) electrons. The standard InChI is InChI=1S/C19H20O3S/c1-11(2)7-16(21)12-4-6-18-13(8-12)3-5-15-17(22)9-14(20)10-19(15)23-18/h4,6,8-11,20,22H,3,5,7H2,1-2H3. The Morgan fingerprint density at radius 2 is 1.91 bits per heavy atom. The fourth-order valence-electron chi connectivity index (χ4n) is 2.87. The summed E-state index contributed by atoms with van der Waals surface area (Å²) in [6.07, 6.45) is 2.03. The monoisotopic (exact) mass is 328 g/mol. The molecule has 0 atom stereocenters. The minimum atomic E-state index is 0.0703. The maximum absolute atomic E-state index is 12.3. The van der Waals surface area contributed by atoms with Crippen LogP contribution in [-0.4, -0.2) is 16.0 Å². The summed E-state index contributed by atoms with van der Waals surface area (Å²) in [5.41, 5.74) is 2.75. The number of Topliss-reactive ketones (excluding diaryl/α,β-unsaturated/α-hetero) is 1. The third kappa shape index (κ3) is 3.37. The number of aryl methyl sites for hydroxylation is 1. The number of carbonyl (C=O) groups excluding carboxylic acids is 1. The normalized spacial score (nSPS) is 13.3. The number of phenols is 2. The van der Waals surface area contributed by atoms with Gasteiger partial charge >= 0.3 is 0 Å². The van der Waals surface area contributed by atoms with Crippen LogP contribution < -0.4 is 0 Å². The number of ketones is 1. The van der Waals surface area contributed by atoms with Gasteiger partial charge in [0.25, 0.3) is 0 Å². The van der Waals surface area contributed by atoms with Gasteiger partial charge in [0.05, 0.1) is 0 Å². The summed E-state index contributed by atoms with van der Waals surface area (Å²) in [4.78, 5) is 14.2. The summed E-state index contributed by atoms with van der Waals surface area (Å²) in [6.45, 7) is 4.09. The highest BCUT2D eigenvalue weighted by Crippen LogP contribution is 2.42. The van der Waals surface area contributed by atoms with Gasteiger partial charge in [0.2, 0.25) is 0 Å². The molecule has 23 heavy (non-hydrogen) atoms. The van der Waals surface area contributed by atoms with Crippen LogP contribution in [0.2, 0.25) is 0 Å². The molecular formula is C19H20O3S. The van der Waals surface area contributed by atoms with Crippen LogP contribution in [0.5, 0.6) is 11.5 Å². The second-order valence-corrected chi connectivity index (χ2v) is 7.47. The van der Waals surface area contributed by atoms with Gasteiger partial charge in [-0.25, -0.2) is 0 Å². The van der Waals surface area contributed by atoms with Gasteiger partial charge in [-0.1, -0.05) is 31.7 Å². The number of hydrogen-bond acceptors (Lipinski definition) is 4. The highest BCUT2D eigenvalue weighted by atomic mass is 32.2. The van der Waals surface area contributed by atoms with Crippen molar-refractivity contribution in [2.45, 2.75) is 42.9 Å². The lowest BCUT2D eigenvalue weighted by Crippen LogP contribution is -2.04. The SMILES string of the molecule is CC(C)CC(=O)c1ccc2c(c1)CCc1c(O)cc(O)cc1S2. The van der Waals surface area contributed by atoms with E-state index in [4.69, 9.17) is 0 Å². The van der Waals surface area contributed by atoms with Crippen molar-refractivity contribution in [2.75, 3.05) is 0 Å². The zero-order valence-electron chi connectivity index (χ0n) is 13.3. The molecule has 2 aromatic carbocycles. The van der Waals surface area contributed by atoms with Crippen molar-refractivity contribution >= 4 is 17.5 Å². The van der Waals surface area contributed by atoms with Gasteiger partial charge in [0.15, 0.2) is 5.78 Å². The summed E-state index contributed by atoms with van der Waals surface area (Å²) in [5.74, 6) is 0.729. The first-order valence-electron chi connectivity index (χ1n) is 7.83. The first-order chi connectivity index (χ1) is 10.9. The topological polar surface area (TPSA) is 57.5 Å². The summed E-state index contributed by atoms with van der Waals surface area (Å²) < 4.78 is 0. The van der Waals surface area contributed by atoms with E-state index in [0.29, 0.717) is 18.8 Å². The van der Waals surface area contributed by atoms with E-state index in [9.17, 15) is 15.0 Å². The molecule has 0 saturated heterocycles. The number of benzene rings is 2. The molecule has 4 heteroatoms. The first kappa shape index (κ1) is 15.9. The van der Waals surface area contributed by atoms with E-state index in [2.05, 4.69) is 0 Å². The Hall–Kier alpha value is -1.94. The van der Waals surface area contributed by atoms with Gasteiger partial charge in [-0.05, 0) is 42.5 Å². The maximum Gasteiger partial charge on any atom is 0.163 e. The largest absolute Gasteiger partial charge is 0.508 e. The molecule has 120 valence electrons. The highest BCUT2D eigenvalue weighted by molar-refractivity contribution is 7.99. The lowest BCUT2D eigenvalue weighted by atomic mass is 9.97. The summed E-state index contributed by atoms with van der Waals surface area (Å²) in [6, 6.07) is 8.91. The molecule has 1 aliphatic heterocycles. The number of fused-ring (bicyclic) bond motifs is 2.